The van der Waals surface area contributed by atoms with Crippen LogP contribution in [0.2, 0.25) is 0 Å². The number of hydrogen-bond donors (Lipinski definition) is 1. The molecule has 1 heterocycles. The highest BCUT2D eigenvalue weighted by atomic mass is 79.9. The van der Waals surface area contributed by atoms with E-state index in [4.69, 9.17) is 0 Å². The highest BCUT2D eigenvalue weighted by Gasteiger charge is 2.06. The summed E-state index contributed by atoms with van der Waals surface area (Å²) in [6.45, 7) is 2.51. The molecule has 18 heavy (non-hydrogen) atoms. The number of carbonyl (C=O) groups excluding carboxylic acids is 1. The van der Waals surface area contributed by atoms with Crippen molar-refractivity contribution in [2.24, 2.45) is 0 Å². The summed E-state index contributed by atoms with van der Waals surface area (Å²) in [6, 6.07) is 8.01. The monoisotopic (exact) mass is 305 g/mol. The molecule has 0 aliphatic rings. The van der Waals surface area contributed by atoms with E-state index in [9.17, 15) is 4.79 Å². The number of amides is 1. The minimum Gasteiger partial charge on any atom is -0.347 e. The Morgan fingerprint density at radius 2 is 1.94 bits per heavy atom. The van der Waals surface area contributed by atoms with E-state index in [0.29, 0.717) is 16.8 Å². The third-order valence-corrected chi connectivity index (χ3v) is 2.84. The van der Waals surface area contributed by atoms with Crippen molar-refractivity contribution in [1.82, 2.24) is 15.3 Å². The molecule has 1 aromatic carbocycles. The molecule has 0 aliphatic carbocycles. The molecule has 4 nitrogen and oxygen atoms in total. The Kier molecular flexibility index (Phi) is 4.04. The van der Waals surface area contributed by atoms with Crippen molar-refractivity contribution in [1.29, 1.82) is 0 Å². The maximum Gasteiger partial charge on any atom is 0.271 e. The summed E-state index contributed by atoms with van der Waals surface area (Å²) in [5.74, 6) is -0.226. The van der Waals surface area contributed by atoms with Gasteiger partial charge in [0, 0.05) is 6.54 Å². The molecule has 0 saturated carbocycles. The molecule has 0 bridgehead atoms. The first-order valence-corrected chi connectivity index (χ1v) is 6.26. The molecular weight excluding hydrogens is 294 g/mol. The Morgan fingerprint density at radius 3 is 2.56 bits per heavy atom. The number of aromatic nitrogens is 2. The van der Waals surface area contributed by atoms with E-state index in [1.807, 2.05) is 31.2 Å². The van der Waals surface area contributed by atoms with Gasteiger partial charge >= 0.3 is 0 Å². The summed E-state index contributed by atoms with van der Waals surface area (Å²) in [6.07, 6.45) is 2.94. The van der Waals surface area contributed by atoms with Gasteiger partial charge in [-0.15, -0.1) is 0 Å². The maximum absolute atomic E-state index is 11.8. The van der Waals surface area contributed by atoms with Crippen LogP contribution in [0.3, 0.4) is 0 Å². The predicted octanol–water partition coefficient (Wildman–Crippen LogP) is 2.48. The number of hydrogen-bond acceptors (Lipinski definition) is 3. The van der Waals surface area contributed by atoms with Crippen LogP contribution < -0.4 is 5.32 Å². The highest BCUT2D eigenvalue weighted by molar-refractivity contribution is 9.10. The van der Waals surface area contributed by atoms with Gasteiger partial charge in [-0.25, -0.2) is 9.97 Å². The van der Waals surface area contributed by atoms with E-state index in [2.05, 4.69) is 31.2 Å². The van der Waals surface area contributed by atoms with Crippen molar-refractivity contribution < 1.29 is 4.79 Å². The maximum atomic E-state index is 11.8. The molecule has 1 amide bonds. The van der Waals surface area contributed by atoms with Crippen LogP contribution in [0.5, 0.6) is 0 Å². The first-order valence-electron chi connectivity index (χ1n) is 5.46. The average Bonchev–Trinajstić information content (AvgIpc) is 2.38. The lowest BCUT2D eigenvalue weighted by atomic mass is 10.1. The molecule has 2 aromatic rings. The highest BCUT2D eigenvalue weighted by Crippen LogP contribution is 2.04. The third-order valence-electron chi connectivity index (χ3n) is 2.43. The lowest BCUT2D eigenvalue weighted by molar-refractivity contribution is 0.0945. The summed E-state index contributed by atoms with van der Waals surface area (Å²) in [4.78, 5) is 19.7. The van der Waals surface area contributed by atoms with E-state index < -0.39 is 0 Å². The molecular formula is C13H12BrN3O. The zero-order chi connectivity index (χ0) is 13.0. The van der Waals surface area contributed by atoms with Crippen LogP contribution in [0, 0.1) is 6.92 Å². The van der Waals surface area contributed by atoms with Gasteiger partial charge in [-0.1, -0.05) is 29.8 Å². The van der Waals surface area contributed by atoms with Gasteiger partial charge in [-0.2, -0.15) is 0 Å². The Hall–Kier alpha value is -1.75. The second-order valence-electron chi connectivity index (χ2n) is 3.89. The molecule has 0 saturated heterocycles. The molecule has 0 radical (unpaired) electrons. The number of carbonyl (C=O) groups is 1. The van der Waals surface area contributed by atoms with Crippen molar-refractivity contribution in [3.8, 4) is 0 Å². The zero-order valence-corrected chi connectivity index (χ0v) is 11.4. The van der Waals surface area contributed by atoms with E-state index in [1.54, 1.807) is 0 Å². The number of rotatable bonds is 3. The summed E-state index contributed by atoms with van der Waals surface area (Å²) in [5, 5.41) is 2.80. The number of nitrogens with zero attached hydrogens (tertiary/aromatic N) is 2. The molecule has 0 aliphatic heterocycles. The SMILES string of the molecule is Cc1ccc(CNC(=O)c2cnc(Br)cn2)cc1. The molecule has 0 fully saturated rings. The van der Waals surface area contributed by atoms with Crippen molar-refractivity contribution in [2.45, 2.75) is 13.5 Å². The van der Waals surface area contributed by atoms with Gasteiger partial charge in [-0.3, -0.25) is 4.79 Å². The van der Waals surface area contributed by atoms with Crippen LogP contribution in [-0.2, 0) is 6.54 Å². The van der Waals surface area contributed by atoms with Crippen molar-refractivity contribution in [3.63, 3.8) is 0 Å². The van der Waals surface area contributed by atoms with Gasteiger partial charge in [0.05, 0.1) is 12.4 Å². The molecule has 92 valence electrons. The normalized spacial score (nSPS) is 10.1. The second kappa shape index (κ2) is 5.73. The van der Waals surface area contributed by atoms with Gasteiger partial charge in [0.2, 0.25) is 0 Å². The van der Waals surface area contributed by atoms with Crippen molar-refractivity contribution in [3.05, 3.63) is 58.1 Å². The van der Waals surface area contributed by atoms with Gasteiger partial charge in [0.15, 0.2) is 0 Å². The number of benzene rings is 1. The predicted molar refractivity (Wildman–Crippen MR) is 72.1 cm³/mol. The lowest BCUT2D eigenvalue weighted by Crippen LogP contribution is -2.23. The first-order chi connectivity index (χ1) is 8.65. The second-order valence-corrected chi connectivity index (χ2v) is 4.71. The van der Waals surface area contributed by atoms with Gasteiger partial charge in [0.1, 0.15) is 10.3 Å². The molecule has 1 aromatic heterocycles. The van der Waals surface area contributed by atoms with Gasteiger partial charge in [-0.05, 0) is 28.4 Å². The molecule has 2 rings (SSSR count). The van der Waals surface area contributed by atoms with Crippen molar-refractivity contribution >= 4 is 21.8 Å². The van der Waals surface area contributed by atoms with Crippen LogP contribution >= 0.6 is 15.9 Å². The molecule has 5 heteroatoms. The van der Waals surface area contributed by atoms with Crippen molar-refractivity contribution in [2.75, 3.05) is 0 Å². The molecule has 0 unspecified atom stereocenters. The smallest absolute Gasteiger partial charge is 0.271 e. The summed E-state index contributed by atoms with van der Waals surface area (Å²) in [7, 11) is 0. The van der Waals surface area contributed by atoms with Crippen LogP contribution in [0.15, 0.2) is 41.3 Å². The van der Waals surface area contributed by atoms with E-state index in [0.717, 1.165) is 5.56 Å². The minimum absolute atomic E-state index is 0.226. The quantitative estimate of drug-likeness (QED) is 0.948. The summed E-state index contributed by atoms with van der Waals surface area (Å²) in [5.41, 5.74) is 2.56. The Bertz CT molecular complexity index is 537. The van der Waals surface area contributed by atoms with Crippen LogP contribution in [0.1, 0.15) is 21.6 Å². The Balaban J connectivity index is 1.96. The third kappa shape index (κ3) is 3.37. The summed E-state index contributed by atoms with van der Waals surface area (Å²) >= 11 is 3.17. The van der Waals surface area contributed by atoms with E-state index in [1.165, 1.54) is 18.0 Å². The Labute approximate surface area is 114 Å². The van der Waals surface area contributed by atoms with Crippen LogP contribution in [0.25, 0.3) is 0 Å². The molecule has 1 N–H and O–H groups in total. The fourth-order valence-electron chi connectivity index (χ4n) is 1.41. The standard InChI is InChI=1S/C13H12BrN3O/c1-9-2-4-10(5-3-9)6-17-13(18)11-7-16-12(14)8-15-11/h2-5,7-8H,6H2,1H3,(H,17,18). The van der Waals surface area contributed by atoms with Gasteiger partial charge in [0.25, 0.3) is 5.91 Å². The number of nitrogens with one attached hydrogen (secondary N) is 1. The molecule has 0 atom stereocenters. The zero-order valence-electron chi connectivity index (χ0n) is 9.85. The fourth-order valence-corrected chi connectivity index (χ4v) is 1.61. The van der Waals surface area contributed by atoms with E-state index in [-0.39, 0.29) is 5.91 Å². The largest absolute Gasteiger partial charge is 0.347 e. The lowest BCUT2D eigenvalue weighted by Gasteiger charge is -2.05. The fraction of sp³-hybridized carbons (Fsp3) is 0.154. The number of aryl methyl sites for hydroxylation is 1. The summed E-state index contributed by atoms with van der Waals surface area (Å²) < 4.78 is 0.609. The van der Waals surface area contributed by atoms with Gasteiger partial charge < -0.3 is 5.32 Å². The first kappa shape index (κ1) is 12.7. The minimum atomic E-state index is -0.226. The number of halogens is 1. The Morgan fingerprint density at radius 1 is 1.22 bits per heavy atom. The molecule has 0 spiro atoms. The average molecular weight is 306 g/mol. The van der Waals surface area contributed by atoms with Crippen LogP contribution in [-0.4, -0.2) is 15.9 Å². The topological polar surface area (TPSA) is 54.9 Å². The van der Waals surface area contributed by atoms with E-state index >= 15 is 0 Å². The van der Waals surface area contributed by atoms with Crippen LogP contribution in [0.4, 0.5) is 0 Å².